The SMILES string of the molecule is C[Si](C)(C)CCOCn1cc(-c2ccc(F)cc2)nc1C1(CCCCCC(=O)c2ncco2)COC(=O)N1. The second-order valence-electron chi connectivity index (χ2n) is 10.9. The van der Waals surface area contributed by atoms with Gasteiger partial charge in [-0.05, 0) is 43.2 Å². The van der Waals surface area contributed by atoms with Gasteiger partial charge >= 0.3 is 6.09 Å². The molecule has 1 fully saturated rings. The third-order valence-corrected chi connectivity index (χ3v) is 8.24. The Kier molecular flexibility index (Phi) is 8.78. The van der Waals surface area contributed by atoms with E-state index in [9.17, 15) is 14.0 Å². The predicted octanol–water partition coefficient (Wildman–Crippen LogP) is 5.76. The first kappa shape index (κ1) is 27.7. The summed E-state index contributed by atoms with van der Waals surface area (Å²) in [7, 11) is -1.26. The summed E-state index contributed by atoms with van der Waals surface area (Å²) in [4.78, 5) is 33.2. The molecule has 1 unspecified atom stereocenters. The van der Waals surface area contributed by atoms with E-state index in [4.69, 9.17) is 18.9 Å². The molecule has 9 nitrogen and oxygen atoms in total. The minimum absolute atomic E-state index is 0.127. The number of unbranched alkanes of at least 4 members (excludes halogenated alkanes) is 2. The van der Waals surface area contributed by atoms with Gasteiger partial charge in [0.15, 0.2) is 0 Å². The minimum atomic E-state index is -1.26. The number of imidazole rings is 1. The average Bonchev–Trinajstić information content (AvgIpc) is 3.62. The van der Waals surface area contributed by atoms with Crippen molar-refractivity contribution in [3.63, 3.8) is 0 Å². The molecule has 1 aromatic carbocycles. The third kappa shape index (κ3) is 7.16. The van der Waals surface area contributed by atoms with Crippen LogP contribution in [0.1, 0.15) is 48.6 Å². The van der Waals surface area contributed by atoms with Gasteiger partial charge in [0, 0.05) is 32.9 Å². The Morgan fingerprint density at radius 2 is 2.00 bits per heavy atom. The summed E-state index contributed by atoms with van der Waals surface area (Å²) in [5.41, 5.74) is 0.578. The Labute approximate surface area is 222 Å². The monoisotopic (exact) mass is 542 g/mol. The van der Waals surface area contributed by atoms with E-state index in [0.717, 1.165) is 24.4 Å². The Balaban J connectivity index is 1.49. The van der Waals surface area contributed by atoms with E-state index in [1.54, 1.807) is 12.1 Å². The summed E-state index contributed by atoms with van der Waals surface area (Å²) in [5.74, 6) is 0.309. The lowest BCUT2D eigenvalue weighted by atomic mass is 9.92. The van der Waals surface area contributed by atoms with Crippen LogP contribution in [0.15, 0.2) is 47.3 Å². The zero-order chi connectivity index (χ0) is 27.2. The molecule has 3 aromatic rings. The molecule has 0 aliphatic carbocycles. The normalized spacial score (nSPS) is 17.4. The fourth-order valence-corrected chi connectivity index (χ4v) is 5.13. The van der Waals surface area contributed by atoms with Crippen molar-refractivity contribution in [1.82, 2.24) is 19.9 Å². The van der Waals surface area contributed by atoms with Crippen molar-refractivity contribution in [2.45, 2.75) is 70.1 Å². The molecule has 0 saturated carbocycles. The highest BCUT2D eigenvalue weighted by Gasteiger charge is 2.44. The number of carbonyl (C=O) groups is 2. The molecule has 0 radical (unpaired) electrons. The van der Waals surface area contributed by atoms with Crippen LogP contribution in [-0.4, -0.2) is 47.7 Å². The number of hydrogen-bond acceptors (Lipinski definition) is 7. The number of cyclic esters (lactones) is 1. The number of carbonyl (C=O) groups excluding carboxylic acids is 2. The van der Waals surface area contributed by atoms with Crippen molar-refractivity contribution in [2.75, 3.05) is 13.2 Å². The van der Waals surface area contributed by atoms with E-state index in [1.807, 2.05) is 10.8 Å². The molecule has 204 valence electrons. The van der Waals surface area contributed by atoms with Crippen molar-refractivity contribution in [2.24, 2.45) is 0 Å². The summed E-state index contributed by atoms with van der Waals surface area (Å²) in [6.07, 6.45) is 7.29. The van der Waals surface area contributed by atoms with Gasteiger partial charge < -0.3 is 23.8 Å². The van der Waals surface area contributed by atoms with Crippen LogP contribution in [0.2, 0.25) is 25.7 Å². The lowest BCUT2D eigenvalue weighted by Crippen LogP contribution is -2.43. The number of amides is 1. The van der Waals surface area contributed by atoms with Crippen LogP contribution >= 0.6 is 0 Å². The molecule has 1 amide bonds. The second-order valence-corrected chi connectivity index (χ2v) is 16.5. The van der Waals surface area contributed by atoms with Gasteiger partial charge in [-0.1, -0.05) is 32.5 Å². The average molecular weight is 543 g/mol. The molecule has 1 aliphatic heterocycles. The molecule has 11 heteroatoms. The van der Waals surface area contributed by atoms with Gasteiger partial charge in [0.1, 0.15) is 36.8 Å². The summed E-state index contributed by atoms with van der Waals surface area (Å²) < 4.78 is 31.9. The molecular weight excluding hydrogens is 507 g/mol. The van der Waals surface area contributed by atoms with E-state index in [-0.39, 0.29) is 30.8 Å². The maximum absolute atomic E-state index is 13.5. The molecular formula is C27H35FN4O5Si. The summed E-state index contributed by atoms with van der Waals surface area (Å²) in [6, 6.07) is 7.18. The number of aromatic nitrogens is 3. The van der Waals surface area contributed by atoms with Crippen LogP contribution in [0.3, 0.4) is 0 Å². The van der Waals surface area contributed by atoms with Crippen LogP contribution in [0.4, 0.5) is 9.18 Å². The largest absolute Gasteiger partial charge is 0.447 e. The van der Waals surface area contributed by atoms with Crippen molar-refractivity contribution >= 4 is 20.0 Å². The number of benzene rings is 1. The van der Waals surface area contributed by atoms with Gasteiger partial charge in [-0.15, -0.1) is 0 Å². The van der Waals surface area contributed by atoms with Crippen molar-refractivity contribution in [3.8, 4) is 11.3 Å². The number of rotatable bonds is 14. The van der Waals surface area contributed by atoms with Gasteiger partial charge in [-0.25, -0.2) is 19.2 Å². The van der Waals surface area contributed by atoms with E-state index < -0.39 is 19.7 Å². The van der Waals surface area contributed by atoms with Gasteiger partial charge in [0.05, 0.1) is 11.9 Å². The summed E-state index contributed by atoms with van der Waals surface area (Å²) in [6.45, 7) is 7.93. The zero-order valence-electron chi connectivity index (χ0n) is 22.2. The standard InChI is InChI=1S/C27H35FN4O5Si/c1-38(2,3)16-15-35-19-32-17-22(20-8-10-21(28)11-9-20)30-25(32)27(18-37-26(34)31-27)12-6-4-5-7-23(33)24-29-13-14-36-24/h8-11,13-14,17H,4-7,12,15-16,18-19H2,1-3H3,(H,31,34). The fourth-order valence-electron chi connectivity index (χ4n) is 4.38. The Hall–Kier alpha value is -3.31. The number of ether oxygens (including phenoxy) is 2. The lowest BCUT2D eigenvalue weighted by Gasteiger charge is -2.27. The van der Waals surface area contributed by atoms with E-state index in [1.165, 1.54) is 24.6 Å². The third-order valence-electron chi connectivity index (χ3n) is 6.54. The van der Waals surface area contributed by atoms with Crippen LogP contribution < -0.4 is 5.32 Å². The summed E-state index contributed by atoms with van der Waals surface area (Å²) in [5, 5.41) is 2.99. The molecule has 0 bridgehead atoms. The first-order valence-electron chi connectivity index (χ1n) is 12.9. The molecule has 1 N–H and O–H groups in total. The highest BCUT2D eigenvalue weighted by atomic mass is 28.3. The predicted molar refractivity (Wildman–Crippen MR) is 142 cm³/mol. The Morgan fingerprint density at radius 1 is 1.21 bits per heavy atom. The van der Waals surface area contributed by atoms with Crippen LogP contribution in [0, 0.1) is 5.82 Å². The van der Waals surface area contributed by atoms with Crippen LogP contribution in [0.5, 0.6) is 0 Å². The zero-order valence-corrected chi connectivity index (χ0v) is 23.2. The number of hydrogen-bond donors (Lipinski definition) is 1. The highest BCUT2D eigenvalue weighted by Crippen LogP contribution is 2.33. The number of oxazole rings is 1. The van der Waals surface area contributed by atoms with Gasteiger partial charge in [0.25, 0.3) is 5.89 Å². The molecule has 1 atom stereocenters. The molecule has 2 aromatic heterocycles. The molecule has 3 heterocycles. The molecule has 0 spiro atoms. The number of nitrogens with one attached hydrogen (secondary N) is 1. The van der Waals surface area contributed by atoms with Crippen molar-refractivity contribution < 1.29 is 27.9 Å². The Bertz CT molecular complexity index is 1220. The minimum Gasteiger partial charge on any atom is -0.447 e. The molecule has 4 rings (SSSR count). The first-order valence-corrected chi connectivity index (χ1v) is 16.6. The topological polar surface area (TPSA) is 108 Å². The van der Waals surface area contributed by atoms with Gasteiger partial charge in [0.2, 0.25) is 5.78 Å². The maximum Gasteiger partial charge on any atom is 0.408 e. The van der Waals surface area contributed by atoms with E-state index in [0.29, 0.717) is 37.4 Å². The fraction of sp³-hybridized carbons (Fsp3) is 0.481. The van der Waals surface area contributed by atoms with Crippen molar-refractivity contribution in [1.29, 1.82) is 0 Å². The molecule has 1 aliphatic rings. The summed E-state index contributed by atoms with van der Waals surface area (Å²) >= 11 is 0. The smallest absolute Gasteiger partial charge is 0.408 e. The van der Waals surface area contributed by atoms with Crippen molar-refractivity contribution in [3.05, 3.63) is 60.5 Å². The van der Waals surface area contributed by atoms with Gasteiger partial charge in [-0.2, -0.15) is 0 Å². The van der Waals surface area contributed by atoms with E-state index >= 15 is 0 Å². The lowest BCUT2D eigenvalue weighted by molar-refractivity contribution is 0.0797. The number of nitrogens with zero attached hydrogens (tertiary/aromatic N) is 3. The number of alkyl carbamates (subject to hydrolysis) is 1. The van der Waals surface area contributed by atoms with E-state index in [2.05, 4.69) is 29.9 Å². The second kappa shape index (κ2) is 12.0. The maximum atomic E-state index is 13.5. The molecule has 1 saturated heterocycles. The Morgan fingerprint density at radius 3 is 2.66 bits per heavy atom. The van der Waals surface area contributed by atoms with Crippen LogP contribution in [-0.2, 0) is 21.7 Å². The quantitative estimate of drug-likeness (QED) is 0.157. The number of Topliss-reactive ketones (excluding diaryl/α,β-unsaturated/α-hetero) is 1. The van der Waals surface area contributed by atoms with Gasteiger partial charge in [-0.3, -0.25) is 4.79 Å². The van der Waals surface area contributed by atoms with Crippen LogP contribution in [0.25, 0.3) is 11.3 Å². The molecule has 38 heavy (non-hydrogen) atoms. The first-order chi connectivity index (χ1) is 18.2. The highest BCUT2D eigenvalue weighted by molar-refractivity contribution is 6.76. The number of halogens is 1. The number of ketones is 1.